The highest BCUT2D eigenvalue weighted by Gasteiger charge is 2.30. The molecular weight excluding hydrogens is 408 g/mol. The third-order valence-corrected chi connectivity index (χ3v) is 5.86. The first-order chi connectivity index (χ1) is 15.3. The van der Waals surface area contributed by atoms with E-state index in [-0.39, 0.29) is 42.3 Å². The van der Waals surface area contributed by atoms with Crippen LogP contribution in [0.1, 0.15) is 50.0 Å². The minimum atomic E-state index is -0.765. The third kappa shape index (κ3) is 5.47. The van der Waals surface area contributed by atoms with Crippen LogP contribution in [0.5, 0.6) is 5.75 Å². The molecule has 1 fully saturated rings. The summed E-state index contributed by atoms with van der Waals surface area (Å²) in [5.41, 5.74) is 1.21. The Morgan fingerprint density at radius 3 is 2.75 bits per heavy atom. The highest BCUT2D eigenvalue weighted by Crippen LogP contribution is 2.27. The number of H-pyrrole nitrogens is 1. The highest BCUT2D eigenvalue weighted by atomic mass is 16.5. The lowest BCUT2D eigenvalue weighted by atomic mass is 9.90. The summed E-state index contributed by atoms with van der Waals surface area (Å²) in [5, 5.41) is 15.8. The highest BCUT2D eigenvalue weighted by molar-refractivity contribution is 6.02. The second-order valence-electron chi connectivity index (χ2n) is 8.76. The van der Waals surface area contributed by atoms with Crippen LogP contribution in [0.4, 0.5) is 0 Å². The van der Waals surface area contributed by atoms with Gasteiger partial charge in [0, 0.05) is 35.7 Å². The van der Waals surface area contributed by atoms with Gasteiger partial charge in [-0.1, -0.05) is 19.9 Å². The monoisotopic (exact) mass is 438 g/mol. The van der Waals surface area contributed by atoms with Crippen molar-refractivity contribution in [2.75, 3.05) is 13.7 Å². The molecule has 0 spiro atoms. The number of aromatic amines is 1. The Labute approximate surface area is 187 Å². The van der Waals surface area contributed by atoms with E-state index in [0.717, 1.165) is 10.9 Å². The van der Waals surface area contributed by atoms with E-state index in [0.29, 0.717) is 30.8 Å². The van der Waals surface area contributed by atoms with Crippen LogP contribution in [0.3, 0.4) is 0 Å². The number of methoxy groups -OCH3 is 1. The van der Waals surface area contributed by atoms with E-state index >= 15 is 0 Å². The normalized spacial score (nSPS) is 17.6. The molecule has 3 atom stereocenters. The number of benzene rings is 1. The third-order valence-electron chi connectivity index (χ3n) is 5.86. The SMILES string of the molecule is COc1cccc2[nH]c(C(=O)C[C@H](CC(C)C)C(=O)N[C@H](C#N)C[C@@H]3CCNC3=O)cc12. The lowest BCUT2D eigenvalue weighted by molar-refractivity contribution is -0.127. The van der Waals surface area contributed by atoms with Gasteiger partial charge in [0.25, 0.3) is 0 Å². The maximum absolute atomic E-state index is 13.0. The number of carbonyl (C=O) groups excluding carboxylic acids is 3. The molecule has 2 heterocycles. The van der Waals surface area contributed by atoms with E-state index in [1.807, 2.05) is 32.0 Å². The lowest BCUT2D eigenvalue weighted by Gasteiger charge is -2.21. The number of nitriles is 1. The van der Waals surface area contributed by atoms with Crippen molar-refractivity contribution < 1.29 is 19.1 Å². The molecule has 1 aromatic carbocycles. The molecule has 0 radical (unpaired) electrons. The van der Waals surface area contributed by atoms with E-state index in [1.54, 1.807) is 13.2 Å². The number of rotatable bonds is 10. The first kappa shape index (κ1) is 23.3. The Morgan fingerprint density at radius 1 is 1.34 bits per heavy atom. The van der Waals surface area contributed by atoms with Gasteiger partial charge in [-0.05, 0) is 43.4 Å². The number of ketones is 1. The molecule has 1 saturated heterocycles. The molecule has 0 unspecified atom stereocenters. The maximum atomic E-state index is 13.0. The van der Waals surface area contributed by atoms with Crippen LogP contribution in [0, 0.1) is 29.1 Å². The van der Waals surface area contributed by atoms with Gasteiger partial charge < -0.3 is 20.4 Å². The molecule has 1 aromatic heterocycles. The summed E-state index contributed by atoms with van der Waals surface area (Å²) >= 11 is 0. The van der Waals surface area contributed by atoms with Crippen molar-refractivity contribution in [1.29, 1.82) is 5.26 Å². The molecule has 170 valence electrons. The number of hydrogen-bond acceptors (Lipinski definition) is 5. The van der Waals surface area contributed by atoms with Gasteiger partial charge in [0.1, 0.15) is 11.8 Å². The zero-order valence-electron chi connectivity index (χ0n) is 18.7. The average Bonchev–Trinajstić information content (AvgIpc) is 3.38. The van der Waals surface area contributed by atoms with Crippen molar-refractivity contribution in [2.24, 2.45) is 17.8 Å². The molecule has 0 aliphatic carbocycles. The molecule has 3 N–H and O–H groups in total. The summed E-state index contributed by atoms with van der Waals surface area (Å²) < 4.78 is 5.36. The van der Waals surface area contributed by atoms with Crippen molar-refractivity contribution in [3.8, 4) is 11.8 Å². The zero-order valence-corrected chi connectivity index (χ0v) is 18.7. The molecule has 2 amide bonds. The smallest absolute Gasteiger partial charge is 0.224 e. The van der Waals surface area contributed by atoms with Crippen LogP contribution in [-0.4, -0.2) is 42.3 Å². The fourth-order valence-electron chi connectivity index (χ4n) is 4.23. The van der Waals surface area contributed by atoms with Crippen LogP contribution in [-0.2, 0) is 9.59 Å². The first-order valence-electron chi connectivity index (χ1n) is 11.0. The Balaban J connectivity index is 1.71. The summed E-state index contributed by atoms with van der Waals surface area (Å²) in [6, 6.07) is 8.60. The van der Waals surface area contributed by atoms with Gasteiger partial charge in [0.15, 0.2) is 5.78 Å². The number of hydrogen-bond donors (Lipinski definition) is 3. The quantitative estimate of drug-likeness (QED) is 0.492. The molecule has 32 heavy (non-hydrogen) atoms. The molecule has 0 saturated carbocycles. The van der Waals surface area contributed by atoms with Gasteiger partial charge in [-0.2, -0.15) is 5.26 Å². The van der Waals surface area contributed by atoms with E-state index in [4.69, 9.17) is 4.74 Å². The summed E-state index contributed by atoms with van der Waals surface area (Å²) in [7, 11) is 1.58. The number of carbonyl (C=O) groups is 3. The lowest BCUT2D eigenvalue weighted by Crippen LogP contribution is -2.41. The molecule has 8 heteroatoms. The molecular formula is C24H30N4O4. The fourth-order valence-corrected chi connectivity index (χ4v) is 4.23. The number of nitrogens with zero attached hydrogens (tertiary/aromatic N) is 1. The van der Waals surface area contributed by atoms with Crippen molar-refractivity contribution in [1.82, 2.24) is 15.6 Å². The zero-order chi connectivity index (χ0) is 23.3. The van der Waals surface area contributed by atoms with Gasteiger partial charge in [-0.25, -0.2) is 0 Å². The van der Waals surface area contributed by atoms with E-state index < -0.39 is 12.0 Å². The van der Waals surface area contributed by atoms with Crippen LogP contribution >= 0.6 is 0 Å². The van der Waals surface area contributed by atoms with Crippen LogP contribution in [0.2, 0.25) is 0 Å². The van der Waals surface area contributed by atoms with E-state index in [2.05, 4.69) is 21.7 Å². The van der Waals surface area contributed by atoms with Gasteiger partial charge in [-0.3, -0.25) is 14.4 Å². The predicted molar refractivity (Wildman–Crippen MR) is 120 cm³/mol. The fraction of sp³-hybridized carbons (Fsp3) is 0.500. The van der Waals surface area contributed by atoms with Crippen LogP contribution < -0.4 is 15.4 Å². The predicted octanol–water partition coefficient (Wildman–Crippen LogP) is 2.95. The summed E-state index contributed by atoms with van der Waals surface area (Å²) in [4.78, 5) is 41.0. The topological polar surface area (TPSA) is 124 Å². The van der Waals surface area contributed by atoms with Crippen LogP contribution in [0.25, 0.3) is 10.9 Å². The van der Waals surface area contributed by atoms with Crippen LogP contribution in [0.15, 0.2) is 24.3 Å². The summed E-state index contributed by atoms with van der Waals surface area (Å²) in [6.45, 7) is 4.57. The number of aromatic nitrogens is 1. The average molecular weight is 439 g/mol. The maximum Gasteiger partial charge on any atom is 0.224 e. The second-order valence-corrected chi connectivity index (χ2v) is 8.76. The molecule has 0 bridgehead atoms. The summed E-state index contributed by atoms with van der Waals surface area (Å²) in [6.07, 6.45) is 1.48. The van der Waals surface area contributed by atoms with Gasteiger partial charge in [0.2, 0.25) is 11.8 Å². The van der Waals surface area contributed by atoms with Gasteiger partial charge in [-0.15, -0.1) is 0 Å². The van der Waals surface area contributed by atoms with Gasteiger partial charge in [0.05, 0.1) is 18.9 Å². The number of ether oxygens (including phenoxy) is 1. The Bertz CT molecular complexity index is 1040. The standard InChI is InChI=1S/C24H30N4O4/c1-14(2)9-16(24(31)27-17(13-25)10-15-7-8-26-23(15)30)11-21(29)20-12-18-19(28-20)5-4-6-22(18)32-3/h4-6,12,14-17,28H,7-11H2,1-3H3,(H,26,30)(H,27,31)/t15-,16-,17-/m0/s1. The molecule has 8 nitrogen and oxygen atoms in total. The number of fused-ring (bicyclic) bond motifs is 1. The Morgan fingerprint density at radius 2 is 2.12 bits per heavy atom. The van der Waals surface area contributed by atoms with Crippen molar-refractivity contribution in [2.45, 2.75) is 45.6 Å². The minimum absolute atomic E-state index is 0.0290. The summed E-state index contributed by atoms with van der Waals surface area (Å²) in [5.74, 6) is -0.554. The van der Waals surface area contributed by atoms with Crippen molar-refractivity contribution >= 4 is 28.5 Å². The molecule has 1 aliphatic heterocycles. The molecule has 3 rings (SSSR count). The van der Waals surface area contributed by atoms with Crippen molar-refractivity contribution in [3.63, 3.8) is 0 Å². The van der Waals surface area contributed by atoms with E-state index in [9.17, 15) is 19.6 Å². The Hall–Kier alpha value is -3.34. The molecule has 2 aromatic rings. The first-order valence-corrected chi connectivity index (χ1v) is 11.0. The molecule has 1 aliphatic rings. The van der Waals surface area contributed by atoms with Gasteiger partial charge >= 0.3 is 0 Å². The number of amides is 2. The number of nitrogens with one attached hydrogen (secondary N) is 3. The van der Waals surface area contributed by atoms with Crippen molar-refractivity contribution in [3.05, 3.63) is 30.0 Å². The Kier molecular flexibility index (Phi) is 7.52. The largest absolute Gasteiger partial charge is 0.496 e. The number of Topliss-reactive ketones (excluding diaryl/α,β-unsaturated/α-hetero) is 1. The van der Waals surface area contributed by atoms with E-state index in [1.165, 1.54) is 0 Å². The minimum Gasteiger partial charge on any atom is -0.496 e. The second kappa shape index (κ2) is 10.3.